The Labute approximate surface area is 165 Å². The average molecular weight is 378 g/mol. The van der Waals surface area contributed by atoms with Crippen molar-refractivity contribution in [2.24, 2.45) is 0 Å². The summed E-state index contributed by atoms with van der Waals surface area (Å²) in [6, 6.07) is 16.7. The second-order valence-corrected chi connectivity index (χ2v) is 7.17. The Morgan fingerprint density at radius 2 is 2.00 bits per heavy atom. The Morgan fingerprint density at radius 3 is 2.79 bits per heavy atom. The summed E-state index contributed by atoms with van der Waals surface area (Å²) in [5.74, 6) is 1.43. The smallest absolute Gasteiger partial charge is 0.226 e. The van der Waals surface area contributed by atoms with Crippen molar-refractivity contribution >= 4 is 0 Å². The van der Waals surface area contributed by atoms with E-state index >= 15 is 0 Å². The molecule has 4 rings (SSSR count). The second-order valence-electron chi connectivity index (χ2n) is 7.17. The molecule has 2 aromatic carbocycles. The first-order valence-electron chi connectivity index (χ1n) is 9.80. The van der Waals surface area contributed by atoms with Crippen molar-refractivity contribution in [1.82, 2.24) is 9.88 Å². The number of hydrogen-bond donors (Lipinski definition) is 1. The lowest BCUT2D eigenvalue weighted by Gasteiger charge is -2.28. The standard InChI is InChI=1S/C23H26N2O3/c1-27-20-10-7-18(8-11-20)23-24-19(16-28-23)15-25(13-4-14-26)22-12-9-17-5-2-3-6-21(17)22/h2-3,5-8,10-11,16,22,26H,4,9,12-15H2,1H3. The molecule has 28 heavy (non-hydrogen) atoms. The quantitative estimate of drug-likeness (QED) is 0.636. The maximum Gasteiger partial charge on any atom is 0.226 e. The van der Waals surface area contributed by atoms with Crippen molar-refractivity contribution in [3.8, 4) is 17.2 Å². The van der Waals surface area contributed by atoms with Crippen LogP contribution >= 0.6 is 0 Å². The van der Waals surface area contributed by atoms with Crippen LogP contribution in [0.3, 0.4) is 0 Å². The molecule has 1 aromatic heterocycles. The predicted molar refractivity (Wildman–Crippen MR) is 108 cm³/mol. The Morgan fingerprint density at radius 1 is 1.18 bits per heavy atom. The maximum atomic E-state index is 9.34. The first kappa shape index (κ1) is 18.7. The van der Waals surface area contributed by atoms with E-state index in [0.717, 1.165) is 42.8 Å². The topological polar surface area (TPSA) is 58.7 Å². The van der Waals surface area contributed by atoms with Gasteiger partial charge >= 0.3 is 0 Å². The highest BCUT2D eigenvalue weighted by Gasteiger charge is 2.28. The van der Waals surface area contributed by atoms with Crippen LogP contribution < -0.4 is 4.74 Å². The van der Waals surface area contributed by atoms with E-state index in [0.29, 0.717) is 18.5 Å². The number of oxazole rings is 1. The van der Waals surface area contributed by atoms with E-state index in [-0.39, 0.29) is 6.61 Å². The van der Waals surface area contributed by atoms with Crippen LogP contribution in [0.4, 0.5) is 0 Å². The molecule has 5 nitrogen and oxygen atoms in total. The maximum absolute atomic E-state index is 9.34. The zero-order valence-electron chi connectivity index (χ0n) is 16.2. The number of aryl methyl sites for hydroxylation is 1. The fourth-order valence-electron chi connectivity index (χ4n) is 3.99. The van der Waals surface area contributed by atoms with Gasteiger partial charge in [0.15, 0.2) is 0 Å². The Bertz CT molecular complexity index is 904. The number of methoxy groups -OCH3 is 1. The van der Waals surface area contributed by atoms with Crippen LogP contribution in [0.15, 0.2) is 59.2 Å². The molecule has 146 valence electrons. The third kappa shape index (κ3) is 3.96. The molecule has 5 heteroatoms. The summed E-state index contributed by atoms with van der Waals surface area (Å²) in [5, 5.41) is 9.34. The number of benzene rings is 2. The highest BCUT2D eigenvalue weighted by atomic mass is 16.5. The molecular formula is C23H26N2O3. The number of aliphatic hydroxyl groups excluding tert-OH is 1. The summed E-state index contributed by atoms with van der Waals surface area (Å²) in [4.78, 5) is 7.11. The van der Waals surface area contributed by atoms with Gasteiger partial charge in [0.05, 0.1) is 12.8 Å². The van der Waals surface area contributed by atoms with Crippen molar-refractivity contribution in [3.63, 3.8) is 0 Å². The Balaban J connectivity index is 1.52. The van der Waals surface area contributed by atoms with Crippen LogP contribution in [-0.4, -0.2) is 35.3 Å². The summed E-state index contributed by atoms with van der Waals surface area (Å²) >= 11 is 0. The van der Waals surface area contributed by atoms with Gasteiger partial charge < -0.3 is 14.3 Å². The second kappa shape index (κ2) is 8.59. The molecule has 0 saturated carbocycles. The number of aromatic nitrogens is 1. The first-order valence-corrected chi connectivity index (χ1v) is 9.80. The van der Waals surface area contributed by atoms with Crippen molar-refractivity contribution < 1.29 is 14.3 Å². The minimum atomic E-state index is 0.195. The lowest BCUT2D eigenvalue weighted by Crippen LogP contribution is -2.29. The van der Waals surface area contributed by atoms with Gasteiger partial charge in [-0.2, -0.15) is 0 Å². The summed E-state index contributed by atoms with van der Waals surface area (Å²) in [5.41, 5.74) is 4.67. The molecule has 0 amide bonds. The summed E-state index contributed by atoms with van der Waals surface area (Å²) in [7, 11) is 1.65. The molecule has 0 radical (unpaired) electrons. The summed E-state index contributed by atoms with van der Waals surface area (Å²) < 4.78 is 10.9. The van der Waals surface area contributed by atoms with Gasteiger partial charge in [0, 0.05) is 31.3 Å². The van der Waals surface area contributed by atoms with Gasteiger partial charge in [0.2, 0.25) is 5.89 Å². The van der Waals surface area contributed by atoms with Gasteiger partial charge in [-0.3, -0.25) is 4.90 Å². The van der Waals surface area contributed by atoms with Crippen molar-refractivity contribution in [2.75, 3.05) is 20.3 Å². The zero-order chi connectivity index (χ0) is 19.3. The van der Waals surface area contributed by atoms with E-state index in [1.165, 1.54) is 11.1 Å². The van der Waals surface area contributed by atoms with Gasteiger partial charge in [0.1, 0.15) is 12.0 Å². The van der Waals surface area contributed by atoms with Crippen LogP contribution in [-0.2, 0) is 13.0 Å². The molecule has 0 bridgehead atoms. The lowest BCUT2D eigenvalue weighted by molar-refractivity contribution is 0.164. The fourth-order valence-corrected chi connectivity index (χ4v) is 3.99. The van der Waals surface area contributed by atoms with E-state index in [2.05, 4.69) is 29.2 Å². The fraction of sp³-hybridized carbons (Fsp3) is 0.348. The molecule has 1 aliphatic carbocycles. The molecular weight excluding hydrogens is 352 g/mol. The normalized spacial score (nSPS) is 15.8. The number of nitrogens with zero attached hydrogens (tertiary/aromatic N) is 2. The monoisotopic (exact) mass is 378 g/mol. The van der Waals surface area contributed by atoms with Gasteiger partial charge in [-0.1, -0.05) is 24.3 Å². The number of aliphatic hydroxyl groups is 1. The minimum absolute atomic E-state index is 0.195. The molecule has 0 fully saturated rings. The van der Waals surface area contributed by atoms with Crippen molar-refractivity contribution in [2.45, 2.75) is 31.8 Å². The van der Waals surface area contributed by atoms with Gasteiger partial charge in [-0.05, 0) is 54.7 Å². The molecule has 1 N–H and O–H groups in total. The molecule has 1 atom stereocenters. The average Bonchev–Trinajstić information content (AvgIpc) is 3.38. The third-order valence-corrected chi connectivity index (χ3v) is 5.40. The van der Waals surface area contributed by atoms with Crippen molar-refractivity contribution in [3.05, 3.63) is 71.6 Å². The molecule has 0 saturated heterocycles. The highest BCUT2D eigenvalue weighted by Crippen LogP contribution is 2.36. The molecule has 3 aromatic rings. The SMILES string of the molecule is COc1ccc(-c2nc(CN(CCCO)C3CCc4ccccc43)co2)cc1. The third-order valence-electron chi connectivity index (χ3n) is 5.40. The summed E-state index contributed by atoms with van der Waals surface area (Å²) in [6.45, 7) is 1.74. The Kier molecular flexibility index (Phi) is 5.74. The van der Waals surface area contributed by atoms with Crippen LogP contribution in [0.25, 0.3) is 11.5 Å². The van der Waals surface area contributed by atoms with E-state index in [1.54, 1.807) is 13.4 Å². The molecule has 1 unspecified atom stereocenters. The zero-order valence-corrected chi connectivity index (χ0v) is 16.2. The van der Waals surface area contributed by atoms with Crippen LogP contribution in [0.5, 0.6) is 5.75 Å². The van der Waals surface area contributed by atoms with E-state index in [9.17, 15) is 5.11 Å². The molecule has 1 heterocycles. The molecule has 0 aliphatic heterocycles. The van der Waals surface area contributed by atoms with Crippen LogP contribution in [0, 0.1) is 0 Å². The number of ether oxygens (including phenoxy) is 1. The van der Waals surface area contributed by atoms with Gasteiger partial charge in [-0.25, -0.2) is 4.98 Å². The first-order chi connectivity index (χ1) is 13.8. The van der Waals surface area contributed by atoms with Gasteiger partial charge in [0.25, 0.3) is 0 Å². The van der Waals surface area contributed by atoms with E-state index < -0.39 is 0 Å². The van der Waals surface area contributed by atoms with E-state index in [1.807, 2.05) is 24.3 Å². The van der Waals surface area contributed by atoms with Crippen molar-refractivity contribution in [1.29, 1.82) is 0 Å². The van der Waals surface area contributed by atoms with Crippen LogP contribution in [0.2, 0.25) is 0 Å². The minimum Gasteiger partial charge on any atom is -0.497 e. The van der Waals surface area contributed by atoms with Gasteiger partial charge in [-0.15, -0.1) is 0 Å². The molecule has 0 spiro atoms. The highest BCUT2D eigenvalue weighted by molar-refractivity contribution is 5.54. The number of fused-ring (bicyclic) bond motifs is 1. The van der Waals surface area contributed by atoms with E-state index in [4.69, 9.17) is 14.1 Å². The Hall–Kier alpha value is -2.63. The number of rotatable bonds is 8. The lowest BCUT2D eigenvalue weighted by atomic mass is 10.1. The molecule has 1 aliphatic rings. The summed E-state index contributed by atoms with van der Waals surface area (Å²) in [6.07, 6.45) is 4.70. The number of hydrogen-bond acceptors (Lipinski definition) is 5. The largest absolute Gasteiger partial charge is 0.497 e. The predicted octanol–water partition coefficient (Wildman–Crippen LogP) is 4.22. The van der Waals surface area contributed by atoms with Crippen LogP contribution in [0.1, 0.15) is 35.7 Å².